The van der Waals surface area contributed by atoms with Crippen LogP contribution in [-0.2, 0) is 23.8 Å². The highest BCUT2D eigenvalue weighted by molar-refractivity contribution is 5.77. The number of hydrogen-bond acceptors (Lipinski definition) is 7. The summed E-state index contributed by atoms with van der Waals surface area (Å²) < 4.78 is 16.0. The maximum Gasteiger partial charge on any atom is 0.248 e. The van der Waals surface area contributed by atoms with Gasteiger partial charge in [0.15, 0.2) is 6.23 Å². The van der Waals surface area contributed by atoms with Gasteiger partial charge in [0.1, 0.15) is 18.3 Å². The predicted octanol–water partition coefficient (Wildman–Crippen LogP) is -1.01. The number of hydroxylamine groups is 2. The summed E-state index contributed by atoms with van der Waals surface area (Å²) in [5, 5.41) is 20.6. The minimum atomic E-state index is -0.994. The Kier molecular flexibility index (Phi) is 4.95. The van der Waals surface area contributed by atoms with Gasteiger partial charge >= 0.3 is 0 Å². The van der Waals surface area contributed by atoms with Crippen LogP contribution in [0.5, 0.6) is 0 Å². The van der Waals surface area contributed by atoms with Crippen molar-refractivity contribution in [1.29, 1.82) is 0 Å². The van der Waals surface area contributed by atoms with Gasteiger partial charge in [-0.25, -0.2) is 4.84 Å². The number of hydrogen-bond donors (Lipinski definition) is 2. The van der Waals surface area contributed by atoms with Gasteiger partial charge in [-0.3, -0.25) is 4.79 Å². The van der Waals surface area contributed by atoms with Crippen LogP contribution in [0.1, 0.15) is 19.8 Å². The first kappa shape index (κ1) is 15.6. The summed E-state index contributed by atoms with van der Waals surface area (Å²) in [6.07, 6.45) is -4.19. The van der Waals surface area contributed by atoms with Crippen LogP contribution in [0.3, 0.4) is 0 Å². The molecule has 0 aromatic heterocycles. The van der Waals surface area contributed by atoms with Crippen molar-refractivity contribution in [2.45, 2.75) is 56.7 Å². The normalized spacial score (nSPS) is 42.2. The molecule has 0 aromatic rings. The van der Waals surface area contributed by atoms with E-state index in [-0.39, 0.29) is 12.3 Å². The van der Waals surface area contributed by atoms with E-state index < -0.39 is 36.9 Å². The molecule has 1 unspecified atom stereocenters. The fraction of sp³-hybridized carbons (Fsp3) is 0.917. The number of carbonyl (C=O) groups is 1. The maximum atomic E-state index is 11.6. The Balaban J connectivity index is 2.10. The molecular formula is C12H21NO7. The number of rotatable bonds is 4. The quantitative estimate of drug-likeness (QED) is 0.685. The molecule has 2 fully saturated rings. The largest absolute Gasteiger partial charge is 0.388 e. The molecule has 6 atom stereocenters. The minimum Gasteiger partial charge on any atom is -0.388 e. The monoisotopic (exact) mass is 291 g/mol. The average molecular weight is 291 g/mol. The lowest BCUT2D eigenvalue weighted by Crippen LogP contribution is -2.60. The second-order valence-electron chi connectivity index (χ2n) is 4.95. The fourth-order valence-electron chi connectivity index (χ4n) is 2.48. The fourth-order valence-corrected chi connectivity index (χ4v) is 2.48. The smallest absolute Gasteiger partial charge is 0.248 e. The highest BCUT2D eigenvalue weighted by Gasteiger charge is 2.47. The first-order valence-electron chi connectivity index (χ1n) is 6.55. The van der Waals surface area contributed by atoms with Gasteiger partial charge in [0.2, 0.25) is 12.2 Å². The van der Waals surface area contributed by atoms with E-state index in [0.717, 1.165) is 5.06 Å². The second kappa shape index (κ2) is 6.33. The Hall–Kier alpha value is -0.770. The van der Waals surface area contributed by atoms with E-state index in [1.54, 1.807) is 6.92 Å². The topological polar surface area (TPSA) is 97.7 Å². The number of amides is 1. The Labute approximate surface area is 117 Å². The maximum absolute atomic E-state index is 11.6. The molecule has 0 saturated carbocycles. The van der Waals surface area contributed by atoms with Gasteiger partial charge in [0.25, 0.3) is 0 Å². The third-order valence-corrected chi connectivity index (χ3v) is 3.65. The van der Waals surface area contributed by atoms with E-state index in [9.17, 15) is 15.0 Å². The van der Waals surface area contributed by atoms with Crippen molar-refractivity contribution in [3.63, 3.8) is 0 Å². The van der Waals surface area contributed by atoms with E-state index >= 15 is 0 Å². The standard InChI is InChI=1S/C12H21NO7/c1-6-9(16)10(17-2)11(18-3)12(19-6)20-13-7(14)4-5-8(13)15/h6-7,9-12,14,16H,4-5H2,1-3H3/t6-,7?,9-,10+,11+,12-/m0/s1. The van der Waals surface area contributed by atoms with Gasteiger partial charge in [0, 0.05) is 27.1 Å². The molecule has 0 bridgehead atoms. The molecule has 0 spiro atoms. The van der Waals surface area contributed by atoms with Crippen molar-refractivity contribution >= 4 is 5.91 Å². The van der Waals surface area contributed by atoms with Crippen LogP contribution in [-0.4, -0.2) is 72.3 Å². The first-order chi connectivity index (χ1) is 9.49. The summed E-state index contributed by atoms with van der Waals surface area (Å²) in [6, 6.07) is 0. The number of carbonyl (C=O) groups excluding carboxylic acids is 1. The van der Waals surface area contributed by atoms with E-state index in [4.69, 9.17) is 19.0 Å². The highest BCUT2D eigenvalue weighted by Crippen LogP contribution is 2.28. The summed E-state index contributed by atoms with van der Waals surface area (Å²) in [6.45, 7) is 1.67. The van der Waals surface area contributed by atoms with Crippen molar-refractivity contribution in [2.24, 2.45) is 0 Å². The van der Waals surface area contributed by atoms with E-state index in [1.807, 2.05) is 0 Å². The SMILES string of the molecule is CO[C@@H]1[C@@H](O)[C@H](C)O[C@@H](ON2C(=O)CCC2O)[C@@H]1OC. The molecule has 0 aliphatic carbocycles. The average Bonchev–Trinajstić information content (AvgIpc) is 2.74. The lowest BCUT2D eigenvalue weighted by molar-refractivity contribution is -0.367. The lowest BCUT2D eigenvalue weighted by atomic mass is 9.99. The third-order valence-electron chi connectivity index (χ3n) is 3.65. The van der Waals surface area contributed by atoms with E-state index in [1.165, 1.54) is 14.2 Å². The predicted molar refractivity (Wildman–Crippen MR) is 65.1 cm³/mol. The van der Waals surface area contributed by atoms with Gasteiger partial charge in [-0.15, -0.1) is 0 Å². The lowest BCUT2D eigenvalue weighted by Gasteiger charge is -2.43. The molecule has 2 rings (SSSR count). The number of aliphatic hydroxyl groups excluding tert-OH is 2. The van der Waals surface area contributed by atoms with E-state index in [2.05, 4.69) is 0 Å². The Morgan fingerprint density at radius 2 is 1.90 bits per heavy atom. The molecule has 1 amide bonds. The number of ether oxygens (including phenoxy) is 3. The summed E-state index contributed by atoms with van der Waals surface area (Å²) in [7, 11) is 2.88. The zero-order valence-corrected chi connectivity index (χ0v) is 11.8. The van der Waals surface area contributed by atoms with Crippen molar-refractivity contribution in [3.05, 3.63) is 0 Å². The molecule has 2 saturated heterocycles. The van der Waals surface area contributed by atoms with Crippen LogP contribution < -0.4 is 0 Å². The van der Waals surface area contributed by atoms with Crippen LogP contribution in [0.15, 0.2) is 0 Å². The Morgan fingerprint density at radius 3 is 2.40 bits per heavy atom. The molecule has 8 nitrogen and oxygen atoms in total. The van der Waals surface area contributed by atoms with Crippen LogP contribution in [0, 0.1) is 0 Å². The van der Waals surface area contributed by atoms with Crippen LogP contribution in [0.25, 0.3) is 0 Å². The van der Waals surface area contributed by atoms with Crippen molar-refractivity contribution in [3.8, 4) is 0 Å². The molecule has 116 valence electrons. The van der Waals surface area contributed by atoms with Crippen molar-refractivity contribution in [1.82, 2.24) is 5.06 Å². The number of aliphatic hydroxyl groups is 2. The summed E-state index contributed by atoms with van der Waals surface area (Å²) in [4.78, 5) is 17.0. The zero-order valence-electron chi connectivity index (χ0n) is 11.8. The highest BCUT2D eigenvalue weighted by atomic mass is 16.8. The Morgan fingerprint density at radius 1 is 1.25 bits per heavy atom. The van der Waals surface area contributed by atoms with Crippen LogP contribution >= 0.6 is 0 Å². The van der Waals surface area contributed by atoms with Crippen LogP contribution in [0.2, 0.25) is 0 Å². The molecule has 0 radical (unpaired) electrons. The van der Waals surface area contributed by atoms with E-state index in [0.29, 0.717) is 6.42 Å². The first-order valence-corrected chi connectivity index (χ1v) is 6.55. The zero-order chi connectivity index (χ0) is 14.9. The molecule has 2 aliphatic rings. The summed E-state index contributed by atoms with van der Waals surface area (Å²) in [5.41, 5.74) is 0. The second-order valence-corrected chi connectivity index (χ2v) is 4.95. The molecule has 0 aromatic carbocycles. The number of nitrogens with zero attached hydrogens (tertiary/aromatic N) is 1. The van der Waals surface area contributed by atoms with Gasteiger partial charge in [-0.2, -0.15) is 5.06 Å². The van der Waals surface area contributed by atoms with Gasteiger partial charge in [-0.05, 0) is 6.92 Å². The molecule has 2 N–H and O–H groups in total. The van der Waals surface area contributed by atoms with Gasteiger partial charge in [-0.1, -0.05) is 0 Å². The minimum absolute atomic E-state index is 0.220. The van der Waals surface area contributed by atoms with Gasteiger partial charge < -0.3 is 24.4 Å². The summed E-state index contributed by atoms with van der Waals surface area (Å²) >= 11 is 0. The van der Waals surface area contributed by atoms with Crippen LogP contribution in [0.4, 0.5) is 0 Å². The Bertz CT molecular complexity index is 353. The molecule has 2 aliphatic heterocycles. The molecule has 8 heteroatoms. The van der Waals surface area contributed by atoms with Crippen molar-refractivity contribution in [2.75, 3.05) is 14.2 Å². The third kappa shape index (κ3) is 2.80. The number of methoxy groups -OCH3 is 2. The molecule has 20 heavy (non-hydrogen) atoms. The molecular weight excluding hydrogens is 270 g/mol. The van der Waals surface area contributed by atoms with Gasteiger partial charge in [0.05, 0.1) is 6.10 Å². The van der Waals surface area contributed by atoms with Crippen molar-refractivity contribution < 1.29 is 34.1 Å². The summed E-state index contributed by atoms with van der Waals surface area (Å²) in [5.74, 6) is -0.316. The molecule has 2 heterocycles.